The van der Waals surface area contributed by atoms with Crippen molar-refractivity contribution in [3.8, 4) is 0 Å². The molecule has 0 fully saturated rings. The van der Waals surface area contributed by atoms with Crippen LogP contribution in [0.5, 0.6) is 0 Å². The maximum Gasteiger partial charge on any atom is 0.316 e. The van der Waals surface area contributed by atoms with Gasteiger partial charge in [0, 0.05) is 0 Å². The van der Waals surface area contributed by atoms with Gasteiger partial charge in [0.1, 0.15) is 5.92 Å². The molecule has 0 aromatic carbocycles. The van der Waals surface area contributed by atoms with Crippen molar-refractivity contribution in [2.75, 3.05) is 6.61 Å². The van der Waals surface area contributed by atoms with Crippen LogP contribution < -0.4 is 0 Å². The van der Waals surface area contributed by atoms with E-state index in [1.54, 1.807) is 26.8 Å². The minimum Gasteiger partial charge on any atom is -0.465 e. The predicted molar refractivity (Wildman–Crippen MR) is 58.2 cm³/mol. The monoisotopic (exact) mass is 224 g/mol. The fourth-order valence-electron chi connectivity index (χ4n) is 1.49. The van der Waals surface area contributed by atoms with Crippen LogP contribution >= 0.6 is 0 Å². The lowest BCUT2D eigenvalue weighted by Crippen LogP contribution is -2.25. The minimum atomic E-state index is -0.759. The molecule has 16 heavy (non-hydrogen) atoms. The molecule has 1 aromatic rings. The average Bonchev–Trinajstić information content (AvgIpc) is 2.65. The van der Waals surface area contributed by atoms with Gasteiger partial charge in [0.15, 0.2) is 5.76 Å². The summed E-state index contributed by atoms with van der Waals surface area (Å²) in [6, 6.07) is 1.70. The van der Waals surface area contributed by atoms with E-state index in [1.807, 2.05) is 0 Å². The van der Waals surface area contributed by atoms with E-state index in [2.05, 4.69) is 0 Å². The molecule has 1 rings (SSSR count). The van der Waals surface area contributed by atoms with Crippen LogP contribution in [0.1, 0.15) is 36.4 Å². The third-order valence-corrected chi connectivity index (χ3v) is 2.38. The Morgan fingerprint density at radius 2 is 2.12 bits per heavy atom. The number of hydrogen-bond donors (Lipinski definition) is 0. The van der Waals surface area contributed by atoms with Crippen LogP contribution in [-0.4, -0.2) is 18.4 Å². The Kier molecular flexibility index (Phi) is 4.28. The number of esters is 1. The largest absolute Gasteiger partial charge is 0.465 e. The molecule has 4 heteroatoms. The van der Waals surface area contributed by atoms with Crippen molar-refractivity contribution in [3.63, 3.8) is 0 Å². The molecule has 1 unspecified atom stereocenters. The Morgan fingerprint density at radius 3 is 2.56 bits per heavy atom. The highest BCUT2D eigenvalue weighted by atomic mass is 16.5. The first-order valence-corrected chi connectivity index (χ1v) is 5.36. The zero-order chi connectivity index (χ0) is 12.1. The first kappa shape index (κ1) is 12.5. The van der Waals surface area contributed by atoms with E-state index in [1.165, 1.54) is 6.26 Å². The van der Waals surface area contributed by atoms with Crippen molar-refractivity contribution < 1.29 is 18.7 Å². The minimum absolute atomic E-state index is 0.250. The van der Waals surface area contributed by atoms with Gasteiger partial charge in [-0.3, -0.25) is 9.59 Å². The van der Waals surface area contributed by atoms with Crippen molar-refractivity contribution >= 4 is 11.8 Å². The molecule has 88 valence electrons. The molecule has 4 nitrogen and oxygen atoms in total. The van der Waals surface area contributed by atoms with Crippen molar-refractivity contribution in [2.24, 2.45) is 5.92 Å². The maximum atomic E-state index is 12.0. The summed E-state index contributed by atoms with van der Waals surface area (Å²) in [5.41, 5.74) is 0.743. The van der Waals surface area contributed by atoms with Gasteiger partial charge in [-0.25, -0.2) is 0 Å². The number of hydrogen-bond acceptors (Lipinski definition) is 4. The van der Waals surface area contributed by atoms with Crippen LogP contribution in [0.4, 0.5) is 0 Å². The van der Waals surface area contributed by atoms with Crippen molar-refractivity contribution in [3.05, 3.63) is 23.7 Å². The fraction of sp³-hybridized carbons (Fsp3) is 0.500. The average molecular weight is 224 g/mol. The molecule has 0 amide bonds. The fourth-order valence-corrected chi connectivity index (χ4v) is 1.49. The predicted octanol–water partition coefficient (Wildman–Crippen LogP) is 2.36. The molecule has 0 radical (unpaired) electrons. The highest BCUT2D eigenvalue weighted by molar-refractivity contribution is 6.07. The van der Waals surface area contributed by atoms with Gasteiger partial charge >= 0.3 is 5.97 Å². The second-order valence-electron chi connectivity index (χ2n) is 3.51. The van der Waals surface area contributed by atoms with Crippen molar-refractivity contribution in [1.82, 2.24) is 0 Å². The zero-order valence-corrected chi connectivity index (χ0v) is 9.78. The number of rotatable bonds is 5. The molecule has 1 atom stereocenters. The summed E-state index contributed by atoms with van der Waals surface area (Å²) in [6.07, 6.45) is 1.86. The van der Waals surface area contributed by atoms with Crippen LogP contribution in [0.3, 0.4) is 0 Å². The third kappa shape index (κ3) is 2.51. The summed E-state index contributed by atoms with van der Waals surface area (Å²) in [5, 5.41) is 0. The molecule has 0 N–H and O–H groups in total. The lowest BCUT2D eigenvalue weighted by atomic mass is 9.98. The van der Waals surface area contributed by atoms with Crippen LogP contribution in [-0.2, 0) is 9.53 Å². The SMILES string of the molecule is CCOC(=O)C(CC)C(=O)c1occc1C. The van der Waals surface area contributed by atoms with Gasteiger partial charge in [0.2, 0.25) is 5.78 Å². The van der Waals surface area contributed by atoms with E-state index in [0.717, 1.165) is 5.56 Å². The molecule has 0 saturated heterocycles. The van der Waals surface area contributed by atoms with E-state index in [4.69, 9.17) is 9.15 Å². The number of carbonyl (C=O) groups excluding carboxylic acids is 2. The lowest BCUT2D eigenvalue weighted by Gasteiger charge is -2.11. The molecule has 0 spiro atoms. The van der Waals surface area contributed by atoms with Gasteiger partial charge in [-0.05, 0) is 31.9 Å². The number of furan rings is 1. The number of carbonyl (C=O) groups is 2. The first-order valence-electron chi connectivity index (χ1n) is 5.36. The standard InChI is InChI=1S/C12H16O4/c1-4-9(12(14)15-5-2)10(13)11-8(3)6-7-16-11/h6-7,9H,4-5H2,1-3H3. The lowest BCUT2D eigenvalue weighted by molar-refractivity contribution is -0.146. The molecule has 0 aliphatic heterocycles. The second-order valence-corrected chi connectivity index (χ2v) is 3.51. The summed E-state index contributed by atoms with van der Waals surface area (Å²) in [6.45, 7) is 5.54. The summed E-state index contributed by atoms with van der Waals surface area (Å²) in [4.78, 5) is 23.5. The Labute approximate surface area is 94.6 Å². The summed E-state index contributed by atoms with van der Waals surface area (Å²) >= 11 is 0. The van der Waals surface area contributed by atoms with Gasteiger partial charge in [-0.1, -0.05) is 6.92 Å². The topological polar surface area (TPSA) is 56.5 Å². The number of ketones is 1. The normalized spacial score (nSPS) is 12.2. The van der Waals surface area contributed by atoms with E-state index >= 15 is 0 Å². The van der Waals surface area contributed by atoms with E-state index < -0.39 is 11.9 Å². The Bertz CT molecular complexity index is 378. The molecular formula is C12H16O4. The first-order chi connectivity index (χ1) is 7.61. The van der Waals surface area contributed by atoms with E-state index in [-0.39, 0.29) is 18.2 Å². The van der Waals surface area contributed by atoms with E-state index in [0.29, 0.717) is 6.42 Å². The van der Waals surface area contributed by atoms with Crippen LogP contribution in [0.25, 0.3) is 0 Å². The third-order valence-electron chi connectivity index (χ3n) is 2.38. The quantitative estimate of drug-likeness (QED) is 0.437. The molecular weight excluding hydrogens is 208 g/mol. The van der Waals surface area contributed by atoms with Crippen molar-refractivity contribution in [1.29, 1.82) is 0 Å². The molecule has 0 bridgehead atoms. The van der Waals surface area contributed by atoms with Gasteiger partial charge in [0.25, 0.3) is 0 Å². The van der Waals surface area contributed by atoms with Crippen LogP contribution in [0, 0.1) is 12.8 Å². The van der Waals surface area contributed by atoms with Gasteiger partial charge in [-0.2, -0.15) is 0 Å². The Balaban J connectivity index is 2.86. The number of Topliss-reactive ketones (excluding diaryl/α,β-unsaturated/α-hetero) is 1. The Morgan fingerprint density at radius 1 is 1.44 bits per heavy atom. The van der Waals surface area contributed by atoms with Gasteiger partial charge in [-0.15, -0.1) is 0 Å². The Hall–Kier alpha value is -1.58. The summed E-state index contributed by atoms with van der Waals surface area (Å²) in [7, 11) is 0. The van der Waals surface area contributed by atoms with E-state index in [9.17, 15) is 9.59 Å². The molecule has 1 aromatic heterocycles. The number of aryl methyl sites for hydroxylation is 1. The maximum absolute atomic E-state index is 12.0. The summed E-state index contributed by atoms with van der Waals surface area (Å²) < 4.78 is 9.93. The number of ether oxygens (including phenoxy) is 1. The molecule has 1 heterocycles. The molecule has 0 aliphatic carbocycles. The van der Waals surface area contributed by atoms with Gasteiger partial charge < -0.3 is 9.15 Å². The van der Waals surface area contributed by atoms with Crippen LogP contribution in [0.2, 0.25) is 0 Å². The molecule has 0 saturated carbocycles. The molecule has 0 aliphatic rings. The second kappa shape index (κ2) is 5.49. The highest BCUT2D eigenvalue weighted by Crippen LogP contribution is 2.18. The van der Waals surface area contributed by atoms with Crippen molar-refractivity contribution in [2.45, 2.75) is 27.2 Å². The van der Waals surface area contributed by atoms with Gasteiger partial charge in [0.05, 0.1) is 12.9 Å². The highest BCUT2D eigenvalue weighted by Gasteiger charge is 2.29. The smallest absolute Gasteiger partial charge is 0.316 e. The summed E-state index contributed by atoms with van der Waals surface area (Å²) in [5.74, 6) is -1.29. The zero-order valence-electron chi connectivity index (χ0n) is 9.78. The van der Waals surface area contributed by atoms with Crippen LogP contribution in [0.15, 0.2) is 16.7 Å².